The predicted octanol–water partition coefficient (Wildman–Crippen LogP) is 4.92. The van der Waals surface area contributed by atoms with Crippen LogP contribution in [-0.2, 0) is 0 Å². The van der Waals surface area contributed by atoms with E-state index in [0.29, 0.717) is 0 Å². The smallest absolute Gasteiger partial charge is 0.193 e. The molecule has 99 valence electrons. The Kier molecular flexibility index (Phi) is 3.87. The molecule has 0 saturated carbocycles. The molecule has 0 spiro atoms. The summed E-state index contributed by atoms with van der Waals surface area (Å²) in [6.45, 7) is 2.04. The Balaban J connectivity index is 2.31. The summed E-state index contributed by atoms with van der Waals surface area (Å²) in [7, 11) is 2.15. The number of halogens is 2. The lowest BCUT2D eigenvalue weighted by molar-refractivity contribution is 0.103. The fourth-order valence-electron chi connectivity index (χ4n) is 2.81. The highest BCUT2D eigenvalue weighted by Crippen LogP contribution is 2.44. The minimum Gasteiger partial charge on any atom is -0.289 e. The summed E-state index contributed by atoms with van der Waals surface area (Å²) in [4.78, 5) is 12.9. The Labute approximate surface area is 136 Å². The molecule has 0 fully saturated rings. The van der Waals surface area contributed by atoms with Gasteiger partial charge in [-0.15, -0.1) is 0 Å². The maximum atomic E-state index is 12.8. The molecule has 0 N–H and O–H groups in total. The van der Waals surface area contributed by atoms with Crippen molar-refractivity contribution in [3.8, 4) is 0 Å². The number of fused-ring (bicyclic) bond motifs is 2. The van der Waals surface area contributed by atoms with Crippen molar-refractivity contribution in [2.75, 3.05) is 0 Å². The molecule has 0 bridgehead atoms. The van der Waals surface area contributed by atoms with Gasteiger partial charge in [-0.2, -0.15) is 0 Å². The van der Waals surface area contributed by atoms with Crippen LogP contribution in [0.15, 0.2) is 46.9 Å². The maximum Gasteiger partial charge on any atom is 0.193 e. The van der Waals surface area contributed by atoms with Gasteiger partial charge in [0.15, 0.2) is 5.78 Å². The van der Waals surface area contributed by atoms with E-state index in [1.165, 1.54) is 0 Å². The van der Waals surface area contributed by atoms with E-state index in [0.717, 1.165) is 26.7 Å². The molecule has 2 aromatic rings. The van der Waals surface area contributed by atoms with Crippen molar-refractivity contribution in [3.63, 3.8) is 0 Å². The van der Waals surface area contributed by atoms with Gasteiger partial charge in [0.2, 0.25) is 0 Å². The fourth-order valence-corrected chi connectivity index (χ4v) is 4.17. The third-order valence-electron chi connectivity index (χ3n) is 3.79. The van der Waals surface area contributed by atoms with Crippen LogP contribution in [-0.4, -0.2) is 13.1 Å². The van der Waals surface area contributed by atoms with Gasteiger partial charge >= 0.3 is 0 Å². The zero-order valence-corrected chi connectivity index (χ0v) is 14.1. The van der Waals surface area contributed by atoms with Gasteiger partial charge in [0.1, 0.15) is 7.28 Å². The minimum atomic E-state index is 0.108. The number of alkyl halides is 1. The Morgan fingerprint density at radius 2 is 1.75 bits per heavy atom. The van der Waals surface area contributed by atoms with Crippen molar-refractivity contribution in [2.45, 2.75) is 17.5 Å². The molecule has 1 aliphatic rings. The molecular formula is C16H12BBr2O. The zero-order valence-electron chi connectivity index (χ0n) is 10.9. The van der Waals surface area contributed by atoms with Gasteiger partial charge in [-0.05, 0) is 35.1 Å². The summed E-state index contributed by atoms with van der Waals surface area (Å²) < 4.78 is 1.00. The number of hydrogen-bond acceptors (Lipinski definition) is 1. The summed E-state index contributed by atoms with van der Waals surface area (Å²) in [6, 6.07) is 13.8. The quantitative estimate of drug-likeness (QED) is 0.498. The molecule has 0 heterocycles. The number of rotatable bonds is 1. The lowest BCUT2D eigenvalue weighted by Crippen LogP contribution is -2.12. The first-order valence-corrected chi connectivity index (χ1v) is 8.21. The molecule has 2 unspecified atom stereocenters. The van der Waals surface area contributed by atoms with Gasteiger partial charge < -0.3 is 0 Å². The molecule has 20 heavy (non-hydrogen) atoms. The largest absolute Gasteiger partial charge is 0.289 e. The molecule has 0 aromatic heterocycles. The molecule has 1 aliphatic carbocycles. The van der Waals surface area contributed by atoms with E-state index in [4.69, 9.17) is 0 Å². The number of carbonyl (C=O) groups excluding carboxylic acids is 1. The van der Waals surface area contributed by atoms with Crippen LogP contribution in [0, 0.1) is 0 Å². The number of ketones is 1. The number of hydrogen-bond donors (Lipinski definition) is 0. The lowest BCUT2D eigenvalue weighted by Gasteiger charge is -2.21. The summed E-state index contributed by atoms with van der Waals surface area (Å²) in [5, 5.41) is 0. The van der Waals surface area contributed by atoms with Crippen molar-refractivity contribution < 1.29 is 4.79 Å². The predicted molar refractivity (Wildman–Crippen MR) is 90.0 cm³/mol. The molecule has 4 heteroatoms. The van der Waals surface area contributed by atoms with Crippen LogP contribution in [0.3, 0.4) is 0 Å². The fraction of sp³-hybridized carbons (Fsp3) is 0.188. The Hall–Kier alpha value is -0.865. The second kappa shape index (κ2) is 5.49. The van der Waals surface area contributed by atoms with Crippen LogP contribution in [0.5, 0.6) is 0 Å². The van der Waals surface area contributed by atoms with Gasteiger partial charge in [-0.1, -0.05) is 62.9 Å². The highest BCUT2D eigenvalue weighted by Gasteiger charge is 2.32. The van der Waals surface area contributed by atoms with E-state index in [-0.39, 0.29) is 16.4 Å². The van der Waals surface area contributed by atoms with Crippen LogP contribution >= 0.6 is 31.9 Å². The highest BCUT2D eigenvalue weighted by molar-refractivity contribution is 9.10. The van der Waals surface area contributed by atoms with E-state index in [1.54, 1.807) is 0 Å². The zero-order chi connectivity index (χ0) is 14.3. The van der Waals surface area contributed by atoms with Gasteiger partial charge in [-0.3, -0.25) is 4.79 Å². The van der Waals surface area contributed by atoms with Gasteiger partial charge in [0.05, 0.1) is 0 Å². The summed E-state index contributed by atoms with van der Waals surface area (Å²) in [5.41, 5.74) is 3.73. The maximum absolute atomic E-state index is 12.8. The molecule has 0 saturated heterocycles. The summed E-state index contributed by atoms with van der Waals surface area (Å²) in [5.74, 6) is 0.284. The van der Waals surface area contributed by atoms with Gasteiger partial charge in [0, 0.05) is 20.4 Å². The number of benzene rings is 2. The van der Waals surface area contributed by atoms with E-state index in [2.05, 4.69) is 45.2 Å². The standard InChI is InChI=1S/C16H12BBr2O/c1-17-14-13-8-9(18)6-7-12(13)16(20)11-5-3-2-4-10(11)15(14)19/h2-8,14-15H,1H3. The van der Waals surface area contributed by atoms with Gasteiger partial charge in [-0.25, -0.2) is 0 Å². The minimum absolute atomic E-state index is 0.108. The third kappa shape index (κ3) is 2.19. The topological polar surface area (TPSA) is 17.1 Å². The lowest BCUT2D eigenvalue weighted by atomic mass is 9.61. The summed E-state index contributed by atoms with van der Waals surface area (Å²) >= 11 is 7.29. The summed E-state index contributed by atoms with van der Waals surface area (Å²) in [6.07, 6.45) is 0. The first-order valence-electron chi connectivity index (χ1n) is 6.50. The van der Waals surface area contributed by atoms with Crippen LogP contribution < -0.4 is 0 Å². The van der Waals surface area contributed by atoms with Crippen molar-refractivity contribution in [3.05, 3.63) is 69.2 Å². The van der Waals surface area contributed by atoms with Crippen molar-refractivity contribution in [1.29, 1.82) is 0 Å². The molecule has 2 aromatic carbocycles. The second-order valence-corrected chi connectivity index (χ2v) is 6.81. The van der Waals surface area contributed by atoms with E-state index in [9.17, 15) is 4.79 Å². The van der Waals surface area contributed by atoms with E-state index < -0.39 is 0 Å². The molecule has 1 nitrogen and oxygen atoms in total. The molecule has 3 rings (SSSR count). The van der Waals surface area contributed by atoms with Crippen molar-refractivity contribution in [1.82, 2.24) is 0 Å². The monoisotopic (exact) mass is 389 g/mol. The Bertz CT molecular complexity index is 684. The molecular weight excluding hydrogens is 379 g/mol. The normalized spacial score (nSPS) is 20.9. The first kappa shape index (κ1) is 14.1. The van der Waals surface area contributed by atoms with Crippen molar-refractivity contribution in [2.24, 2.45) is 0 Å². The third-order valence-corrected chi connectivity index (χ3v) is 5.35. The Morgan fingerprint density at radius 1 is 1.05 bits per heavy atom. The molecule has 0 aliphatic heterocycles. The average Bonchev–Trinajstić information content (AvgIpc) is 2.55. The molecule has 1 radical (unpaired) electrons. The molecule has 2 atom stereocenters. The SMILES string of the molecule is C[B]C1c2cc(Br)ccc2C(=O)c2ccccc2C1Br. The molecule has 0 amide bonds. The second-order valence-electron chi connectivity index (χ2n) is 4.91. The van der Waals surface area contributed by atoms with E-state index >= 15 is 0 Å². The van der Waals surface area contributed by atoms with Crippen LogP contribution in [0.25, 0.3) is 0 Å². The van der Waals surface area contributed by atoms with E-state index in [1.807, 2.05) is 43.2 Å². The van der Waals surface area contributed by atoms with Gasteiger partial charge in [0.25, 0.3) is 0 Å². The highest BCUT2D eigenvalue weighted by atomic mass is 79.9. The van der Waals surface area contributed by atoms with Crippen LogP contribution in [0.4, 0.5) is 0 Å². The van der Waals surface area contributed by atoms with Crippen LogP contribution in [0.2, 0.25) is 6.82 Å². The van der Waals surface area contributed by atoms with Crippen LogP contribution in [0.1, 0.15) is 37.7 Å². The first-order chi connectivity index (χ1) is 9.63. The number of carbonyl (C=O) groups is 1. The Morgan fingerprint density at radius 3 is 2.50 bits per heavy atom. The average molecular weight is 391 g/mol. The van der Waals surface area contributed by atoms with Crippen molar-refractivity contribution >= 4 is 44.9 Å².